The average Bonchev–Trinajstić information content (AvgIpc) is 3.35. The third-order valence-corrected chi connectivity index (χ3v) is 5.96. The number of hydrogen-bond acceptors (Lipinski definition) is 7. The SMILES string of the molecule is CCc1nnc2sc(-c3ccc(OC)c(NC(=O)COc4ccc(Cl)c(C)c4)c3)nn12. The summed E-state index contributed by atoms with van der Waals surface area (Å²) in [5.74, 6) is 1.60. The van der Waals surface area contributed by atoms with Gasteiger partial charge in [-0.15, -0.1) is 10.2 Å². The number of halogens is 1. The molecule has 4 rings (SSSR count). The van der Waals surface area contributed by atoms with Crippen molar-refractivity contribution in [2.24, 2.45) is 0 Å². The van der Waals surface area contributed by atoms with E-state index in [9.17, 15) is 4.79 Å². The van der Waals surface area contributed by atoms with Crippen LogP contribution in [0.3, 0.4) is 0 Å². The third-order valence-electron chi connectivity index (χ3n) is 4.59. The van der Waals surface area contributed by atoms with Gasteiger partial charge in [-0.2, -0.15) is 9.61 Å². The smallest absolute Gasteiger partial charge is 0.262 e. The fourth-order valence-corrected chi connectivity index (χ4v) is 3.95. The molecule has 2 heterocycles. The first-order valence-electron chi connectivity index (χ1n) is 9.56. The monoisotopic (exact) mass is 457 g/mol. The molecular weight excluding hydrogens is 438 g/mol. The molecule has 4 aromatic rings. The number of carbonyl (C=O) groups excluding carboxylic acids is 1. The molecule has 0 radical (unpaired) electrons. The van der Waals surface area contributed by atoms with Crippen LogP contribution in [0.5, 0.6) is 11.5 Å². The van der Waals surface area contributed by atoms with Gasteiger partial charge in [-0.05, 0) is 48.9 Å². The minimum atomic E-state index is -0.311. The number of anilines is 1. The number of fused-ring (bicyclic) bond motifs is 1. The van der Waals surface area contributed by atoms with E-state index in [4.69, 9.17) is 21.1 Å². The summed E-state index contributed by atoms with van der Waals surface area (Å²) in [5.41, 5.74) is 2.25. The predicted molar refractivity (Wildman–Crippen MR) is 120 cm³/mol. The molecule has 0 bridgehead atoms. The second-order valence-corrected chi connectivity index (χ2v) is 8.10. The summed E-state index contributed by atoms with van der Waals surface area (Å²) in [5, 5.41) is 17.1. The summed E-state index contributed by atoms with van der Waals surface area (Å²) in [6, 6.07) is 10.7. The molecule has 0 aliphatic rings. The van der Waals surface area contributed by atoms with Gasteiger partial charge in [0.15, 0.2) is 12.4 Å². The summed E-state index contributed by atoms with van der Waals surface area (Å²) in [6.45, 7) is 3.73. The summed E-state index contributed by atoms with van der Waals surface area (Å²) in [7, 11) is 1.55. The number of aryl methyl sites for hydroxylation is 2. The topological polar surface area (TPSA) is 90.6 Å². The van der Waals surface area contributed by atoms with Gasteiger partial charge in [0.25, 0.3) is 5.91 Å². The van der Waals surface area contributed by atoms with Crippen LogP contribution in [0.2, 0.25) is 5.02 Å². The predicted octanol–water partition coefficient (Wildman–Crippen LogP) is 4.40. The number of nitrogens with zero attached hydrogens (tertiary/aromatic N) is 4. The second-order valence-electron chi connectivity index (χ2n) is 6.73. The van der Waals surface area contributed by atoms with E-state index in [0.717, 1.165) is 33.3 Å². The van der Waals surface area contributed by atoms with Gasteiger partial charge in [0.05, 0.1) is 12.8 Å². The molecule has 1 amide bonds. The van der Waals surface area contributed by atoms with Crippen LogP contribution in [0.1, 0.15) is 18.3 Å². The standard InChI is InChI=1S/C21H20ClN5O3S/c1-4-18-24-25-21-27(18)26-20(31-21)13-5-8-17(29-3)16(10-13)23-19(28)11-30-14-6-7-15(22)12(2)9-14/h5-10H,4,11H2,1-3H3,(H,23,28). The van der Waals surface area contributed by atoms with E-state index < -0.39 is 0 Å². The minimum absolute atomic E-state index is 0.148. The molecule has 1 N–H and O–H groups in total. The Balaban J connectivity index is 1.52. The summed E-state index contributed by atoms with van der Waals surface area (Å²) in [6.07, 6.45) is 0.738. The fraction of sp³-hybridized carbons (Fsp3) is 0.238. The zero-order chi connectivity index (χ0) is 22.0. The van der Waals surface area contributed by atoms with Crippen LogP contribution in [-0.2, 0) is 11.2 Å². The molecule has 0 spiro atoms. The van der Waals surface area contributed by atoms with Crippen molar-refractivity contribution < 1.29 is 14.3 Å². The quantitative estimate of drug-likeness (QED) is 0.442. The molecule has 2 aromatic carbocycles. The van der Waals surface area contributed by atoms with E-state index >= 15 is 0 Å². The van der Waals surface area contributed by atoms with Gasteiger partial charge in [0.1, 0.15) is 16.5 Å². The molecule has 0 atom stereocenters. The van der Waals surface area contributed by atoms with Crippen LogP contribution in [0.25, 0.3) is 15.5 Å². The average molecular weight is 458 g/mol. The molecule has 8 nitrogen and oxygen atoms in total. The Morgan fingerprint density at radius 2 is 2.06 bits per heavy atom. The molecule has 0 saturated carbocycles. The lowest BCUT2D eigenvalue weighted by atomic mass is 10.2. The largest absolute Gasteiger partial charge is 0.495 e. The fourth-order valence-electron chi connectivity index (χ4n) is 2.98. The number of nitrogens with one attached hydrogen (secondary N) is 1. The Morgan fingerprint density at radius 3 is 2.81 bits per heavy atom. The minimum Gasteiger partial charge on any atom is -0.495 e. The van der Waals surface area contributed by atoms with E-state index in [1.807, 2.05) is 26.0 Å². The zero-order valence-electron chi connectivity index (χ0n) is 17.2. The van der Waals surface area contributed by atoms with Crippen molar-refractivity contribution in [2.75, 3.05) is 19.0 Å². The van der Waals surface area contributed by atoms with E-state index in [1.54, 1.807) is 35.9 Å². The van der Waals surface area contributed by atoms with Crippen LogP contribution in [0, 0.1) is 6.92 Å². The van der Waals surface area contributed by atoms with Crippen LogP contribution in [-0.4, -0.2) is 39.4 Å². The van der Waals surface area contributed by atoms with Gasteiger partial charge in [0.2, 0.25) is 4.96 Å². The van der Waals surface area contributed by atoms with E-state index in [2.05, 4.69) is 20.6 Å². The second kappa shape index (κ2) is 8.91. The molecule has 160 valence electrons. The molecule has 2 aromatic heterocycles. The van der Waals surface area contributed by atoms with Gasteiger partial charge in [-0.1, -0.05) is 29.9 Å². The summed E-state index contributed by atoms with van der Waals surface area (Å²) in [4.78, 5) is 13.2. The first kappa shape index (κ1) is 21.1. The molecule has 31 heavy (non-hydrogen) atoms. The van der Waals surface area contributed by atoms with E-state index in [1.165, 1.54) is 11.3 Å². The van der Waals surface area contributed by atoms with Gasteiger partial charge < -0.3 is 14.8 Å². The Labute approximate surface area is 187 Å². The van der Waals surface area contributed by atoms with Crippen molar-refractivity contribution in [1.82, 2.24) is 19.8 Å². The van der Waals surface area contributed by atoms with Crippen LogP contribution < -0.4 is 14.8 Å². The maximum absolute atomic E-state index is 12.5. The van der Waals surface area contributed by atoms with Crippen molar-refractivity contribution in [2.45, 2.75) is 20.3 Å². The Hall–Kier alpha value is -3.17. The molecule has 10 heteroatoms. The number of carbonyl (C=O) groups is 1. The third kappa shape index (κ3) is 4.47. The molecule has 0 fully saturated rings. The Bertz CT molecular complexity index is 1250. The lowest BCUT2D eigenvalue weighted by molar-refractivity contribution is -0.118. The molecule has 0 aliphatic carbocycles. The Morgan fingerprint density at radius 1 is 1.23 bits per heavy atom. The maximum Gasteiger partial charge on any atom is 0.262 e. The summed E-state index contributed by atoms with van der Waals surface area (Å²) < 4.78 is 12.7. The molecule has 0 aliphatic heterocycles. The lowest BCUT2D eigenvalue weighted by Gasteiger charge is -2.12. The summed E-state index contributed by atoms with van der Waals surface area (Å²) >= 11 is 7.45. The van der Waals surface area contributed by atoms with Crippen LogP contribution in [0.15, 0.2) is 36.4 Å². The van der Waals surface area contributed by atoms with Crippen LogP contribution >= 0.6 is 22.9 Å². The lowest BCUT2D eigenvalue weighted by Crippen LogP contribution is -2.20. The van der Waals surface area contributed by atoms with Gasteiger partial charge in [0, 0.05) is 17.0 Å². The molecule has 0 saturated heterocycles. The number of amides is 1. The zero-order valence-corrected chi connectivity index (χ0v) is 18.8. The van der Waals surface area contributed by atoms with Crippen molar-refractivity contribution >= 4 is 39.5 Å². The number of methoxy groups -OCH3 is 1. The van der Waals surface area contributed by atoms with Crippen molar-refractivity contribution in [1.29, 1.82) is 0 Å². The highest BCUT2D eigenvalue weighted by Gasteiger charge is 2.15. The van der Waals surface area contributed by atoms with E-state index in [0.29, 0.717) is 22.2 Å². The number of hydrogen-bond donors (Lipinski definition) is 1. The van der Waals surface area contributed by atoms with E-state index in [-0.39, 0.29) is 12.5 Å². The molecule has 0 unspecified atom stereocenters. The van der Waals surface area contributed by atoms with Crippen molar-refractivity contribution in [3.8, 4) is 22.1 Å². The first-order valence-corrected chi connectivity index (χ1v) is 10.8. The first-order chi connectivity index (χ1) is 15.0. The number of rotatable bonds is 7. The van der Waals surface area contributed by atoms with Gasteiger partial charge in [-0.25, -0.2) is 0 Å². The maximum atomic E-state index is 12.5. The van der Waals surface area contributed by atoms with Gasteiger partial charge in [-0.3, -0.25) is 4.79 Å². The normalized spacial score (nSPS) is 11.0. The highest BCUT2D eigenvalue weighted by atomic mass is 35.5. The highest BCUT2D eigenvalue weighted by Crippen LogP contribution is 2.33. The van der Waals surface area contributed by atoms with Crippen molar-refractivity contribution in [3.63, 3.8) is 0 Å². The highest BCUT2D eigenvalue weighted by molar-refractivity contribution is 7.19. The van der Waals surface area contributed by atoms with Gasteiger partial charge >= 0.3 is 0 Å². The number of ether oxygens (including phenoxy) is 2. The number of aromatic nitrogens is 4. The van der Waals surface area contributed by atoms with Crippen molar-refractivity contribution in [3.05, 3.63) is 52.8 Å². The number of benzene rings is 2. The van der Waals surface area contributed by atoms with Crippen LogP contribution in [0.4, 0.5) is 5.69 Å². The Kier molecular flexibility index (Phi) is 6.06. The molecular formula is C21H20ClN5O3S.